The van der Waals surface area contributed by atoms with Crippen molar-refractivity contribution in [3.05, 3.63) is 34.7 Å². The van der Waals surface area contributed by atoms with E-state index < -0.39 is 6.04 Å². The highest BCUT2D eigenvalue weighted by atomic mass is 16.3. The lowest BCUT2D eigenvalue weighted by molar-refractivity contribution is -0.108. The molecule has 0 aliphatic rings. The monoisotopic (exact) mass is 165 g/mol. The van der Waals surface area contributed by atoms with Crippen molar-refractivity contribution in [3.8, 4) is 5.75 Å². The van der Waals surface area contributed by atoms with Gasteiger partial charge in [-0.05, 0) is 17.7 Å². The van der Waals surface area contributed by atoms with E-state index in [9.17, 15) is 9.70 Å². The molecule has 0 aliphatic carbocycles. The minimum absolute atomic E-state index is 0.0919. The van der Waals surface area contributed by atoms with E-state index in [0.717, 1.165) is 0 Å². The zero-order chi connectivity index (χ0) is 8.97. The Hall–Kier alpha value is -1.71. The summed E-state index contributed by atoms with van der Waals surface area (Å²) in [7, 11) is 0. The second kappa shape index (κ2) is 3.61. The van der Waals surface area contributed by atoms with Crippen LogP contribution in [0.5, 0.6) is 5.75 Å². The molecule has 0 spiro atoms. The molecule has 0 bridgehead atoms. The molecular formula is C8H7NO3. The van der Waals surface area contributed by atoms with Gasteiger partial charge in [-0.3, -0.25) is 0 Å². The number of benzene rings is 1. The Labute approximate surface area is 68.8 Å². The number of carbonyl (C=O) groups is 1. The van der Waals surface area contributed by atoms with Gasteiger partial charge in [-0.25, -0.2) is 0 Å². The van der Waals surface area contributed by atoms with Crippen molar-refractivity contribution in [2.24, 2.45) is 5.18 Å². The summed E-state index contributed by atoms with van der Waals surface area (Å²) in [4.78, 5) is 20.3. The number of hydrogen-bond donors (Lipinski definition) is 1. The van der Waals surface area contributed by atoms with E-state index in [-0.39, 0.29) is 5.75 Å². The number of hydrogen-bond acceptors (Lipinski definition) is 4. The zero-order valence-electron chi connectivity index (χ0n) is 6.18. The molecule has 1 atom stereocenters. The van der Waals surface area contributed by atoms with Crippen molar-refractivity contribution in [1.82, 2.24) is 0 Å². The van der Waals surface area contributed by atoms with Crippen molar-refractivity contribution in [1.29, 1.82) is 0 Å². The minimum atomic E-state index is -0.967. The van der Waals surface area contributed by atoms with Crippen LogP contribution < -0.4 is 0 Å². The van der Waals surface area contributed by atoms with Gasteiger partial charge in [-0.2, -0.15) is 0 Å². The van der Waals surface area contributed by atoms with Crippen LogP contribution >= 0.6 is 0 Å². The average molecular weight is 165 g/mol. The summed E-state index contributed by atoms with van der Waals surface area (Å²) in [6.07, 6.45) is 0.458. The van der Waals surface area contributed by atoms with Gasteiger partial charge in [0.2, 0.25) is 0 Å². The molecule has 0 fully saturated rings. The first kappa shape index (κ1) is 8.39. The molecule has 1 unspecified atom stereocenters. The molecular weight excluding hydrogens is 158 g/mol. The van der Waals surface area contributed by atoms with Crippen LogP contribution in [0.2, 0.25) is 0 Å². The van der Waals surface area contributed by atoms with Gasteiger partial charge in [-0.1, -0.05) is 17.3 Å². The van der Waals surface area contributed by atoms with Gasteiger partial charge >= 0.3 is 0 Å². The number of carbonyl (C=O) groups excluding carboxylic acids is 1. The molecule has 4 heteroatoms. The molecule has 4 nitrogen and oxygen atoms in total. The fourth-order valence-electron chi connectivity index (χ4n) is 0.836. The molecule has 0 aromatic heterocycles. The Morgan fingerprint density at radius 2 is 1.92 bits per heavy atom. The van der Waals surface area contributed by atoms with Crippen LogP contribution in [0.25, 0.3) is 0 Å². The first-order valence-corrected chi connectivity index (χ1v) is 3.34. The molecule has 0 aliphatic heterocycles. The third-order valence-corrected chi connectivity index (χ3v) is 1.48. The highest BCUT2D eigenvalue weighted by Crippen LogP contribution is 2.17. The lowest BCUT2D eigenvalue weighted by atomic mass is 10.1. The number of nitrogens with zero attached hydrogens (tertiary/aromatic N) is 1. The first-order valence-electron chi connectivity index (χ1n) is 3.34. The topological polar surface area (TPSA) is 66.7 Å². The van der Waals surface area contributed by atoms with E-state index in [1.807, 2.05) is 0 Å². The maximum Gasteiger partial charge on any atom is 0.172 e. The predicted octanol–water partition coefficient (Wildman–Crippen LogP) is 1.40. The van der Waals surface area contributed by atoms with E-state index in [4.69, 9.17) is 5.11 Å². The molecule has 0 amide bonds. The third-order valence-electron chi connectivity index (χ3n) is 1.48. The van der Waals surface area contributed by atoms with Crippen LogP contribution in [-0.2, 0) is 4.79 Å². The largest absolute Gasteiger partial charge is 0.508 e. The quantitative estimate of drug-likeness (QED) is 0.543. The van der Waals surface area contributed by atoms with Gasteiger partial charge in [0.1, 0.15) is 5.75 Å². The van der Waals surface area contributed by atoms with E-state index in [0.29, 0.717) is 11.8 Å². The number of phenols is 1. The Morgan fingerprint density at radius 1 is 1.33 bits per heavy atom. The van der Waals surface area contributed by atoms with Crippen molar-refractivity contribution in [2.45, 2.75) is 6.04 Å². The molecule has 0 saturated carbocycles. The molecule has 1 rings (SSSR count). The Bertz CT molecular complexity index is 273. The molecule has 62 valence electrons. The Balaban J connectivity index is 2.94. The fourth-order valence-corrected chi connectivity index (χ4v) is 0.836. The van der Waals surface area contributed by atoms with Crippen LogP contribution in [0.1, 0.15) is 11.6 Å². The normalized spacial score (nSPS) is 12.0. The van der Waals surface area contributed by atoms with Crippen molar-refractivity contribution < 1.29 is 9.90 Å². The molecule has 0 radical (unpaired) electrons. The summed E-state index contributed by atoms with van der Waals surface area (Å²) in [5, 5.41) is 11.5. The molecule has 12 heavy (non-hydrogen) atoms. The lowest BCUT2D eigenvalue weighted by Crippen LogP contribution is -1.94. The standard InChI is InChI=1S/C8H7NO3/c10-5-8(9-12)6-1-3-7(11)4-2-6/h1-5,8,11H. The summed E-state index contributed by atoms with van der Waals surface area (Å²) in [6, 6.07) is 4.80. The number of nitroso groups, excluding NO2 is 1. The van der Waals surface area contributed by atoms with Crippen LogP contribution in [-0.4, -0.2) is 11.4 Å². The van der Waals surface area contributed by atoms with Crippen LogP contribution in [0.15, 0.2) is 29.4 Å². The Kier molecular flexibility index (Phi) is 2.53. The molecule has 1 aromatic carbocycles. The predicted molar refractivity (Wildman–Crippen MR) is 42.7 cm³/mol. The van der Waals surface area contributed by atoms with Gasteiger partial charge < -0.3 is 9.90 Å². The van der Waals surface area contributed by atoms with Gasteiger partial charge in [0.15, 0.2) is 12.3 Å². The number of aromatic hydroxyl groups is 1. The maximum absolute atomic E-state index is 10.3. The zero-order valence-corrected chi connectivity index (χ0v) is 6.18. The van der Waals surface area contributed by atoms with Gasteiger partial charge in [0.25, 0.3) is 0 Å². The summed E-state index contributed by atoms with van der Waals surface area (Å²) < 4.78 is 0. The number of phenolic OH excluding ortho intramolecular Hbond substituents is 1. The smallest absolute Gasteiger partial charge is 0.172 e. The van der Waals surface area contributed by atoms with Crippen LogP contribution in [0.4, 0.5) is 0 Å². The van der Waals surface area contributed by atoms with Crippen LogP contribution in [0, 0.1) is 4.91 Å². The lowest BCUT2D eigenvalue weighted by Gasteiger charge is -2.00. The van der Waals surface area contributed by atoms with Crippen molar-refractivity contribution >= 4 is 6.29 Å². The summed E-state index contributed by atoms with van der Waals surface area (Å²) in [5.41, 5.74) is 0.484. The highest BCUT2D eigenvalue weighted by molar-refractivity contribution is 5.61. The summed E-state index contributed by atoms with van der Waals surface area (Å²) in [6.45, 7) is 0. The molecule has 0 heterocycles. The highest BCUT2D eigenvalue weighted by Gasteiger charge is 2.08. The molecule has 1 N–H and O–H groups in total. The van der Waals surface area contributed by atoms with E-state index in [2.05, 4.69) is 5.18 Å². The molecule has 0 saturated heterocycles. The van der Waals surface area contributed by atoms with Crippen molar-refractivity contribution in [2.75, 3.05) is 0 Å². The number of aldehydes is 1. The van der Waals surface area contributed by atoms with E-state index >= 15 is 0 Å². The maximum atomic E-state index is 10.3. The average Bonchev–Trinajstić information content (AvgIpc) is 2.10. The van der Waals surface area contributed by atoms with Gasteiger partial charge in [0, 0.05) is 0 Å². The number of rotatable bonds is 3. The summed E-state index contributed by atoms with van der Waals surface area (Å²) in [5.74, 6) is 0.0919. The van der Waals surface area contributed by atoms with E-state index in [1.54, 1.807) is 0 Å². The van der Waals surface area contributed by atoms with Gasteiger partial charge in [0.05, 0.1) is 0 Å². The minimum Gasteiger partial charge on any atom is -0.508 e. The van der Waals surface area contributed by atoms with Crippen molar-refractivity contribution in [3.63, 3.8) is 0 Å². The first-order chi connectivity index (χ1) is 5.77. The Morgan fingerprint density at radius 3 is 2.33 bits per heavy atom. The second-order valence-electron chi connectivity index (χ2n) is 2.28. The molecule has 1 aromatic rings. The SMILES string of the molecule is O=CC(N=O)c1ccc(O)cc1. The van der Waals surface area contributed by atoms with Crippen LogP contribution in [0.3, 0.4) is 0 Å². The fraction of sp³-hybridized carbons (Fsp3) is 0.125. The second-order valence-corrected chi connectivity index (χ2v) is 2.28. The third kappa shape index (κ3) is 1.66. The summed E-state index contributed by atoms with van der Waals surface area (Å²) >= 11 is 0. The van der Waals surface area contributed by atoms with Gasteiger partial charge in [-0.15, -0.1) is 4.91 Å². The van der Waals surface area contributed by atoms with E-state index in [1.165, 1.54) is 24.3 Å².